The third kappa shape index (κ3) is 9.31. The summed E-state index contributed by atoms with van der Waals surface area (Å²) in [5.41, 5.74) is 0.997. The summed E-state index contributed by atoms with van der Waals surface area (Å²) in [6.07, 6.45) is 0.814. The Kier molecular flexibility index (Phi) is 9.25. The minimum absolute atomic E-state index is 0.210. The summed E-state index contributed by atoms with van der Waals surface area (Å²) in [6, 6.07) is 9.10. The summed E-state index contributed by atoms with van der Waals surface area (Å²) < 4.78 is 22.8. The quantitative estimate of drug-likeness (QED) is 0.529. The van der Waals surface area contributed by atoms with E-state index in [1.54, 1.807) is 6.92 Å². The number of aliphatic hydroxyl groups is 1. The van der Waals surface area contributed by atoms with Gasteiger partial charge in [-0.15, -0.1) is 0 Å². The SMILES string of the molecule is CC(C)CNCC(O)C(Cc1ccccc1)NC(=O)C(C)CS(C)(=O)=O. The van der Waals surface area contributed by atoms with Crippen molar-refractivity contribution in [3.63, 3.8) is 0 Å². The van der Waals surface area contributed by atoms with Gasteiger partial charge in [0.25, 0.3) is 0 Å². The van der Waals surface area contributed by atoms with E-state index < -0.39 is 27.9 Å². The molecule has 3 N–H and O–H groups in total. The number of amides is 1. The van der Waals surface area contributed by atoms with E-state index in [0.717, 1.165) is 18.4 Å². The number of aliphatic hydroxyl groups excluding tert-OH is 1. The van der Waals surface area contributed by atoms with Crippen molar-refractivity contribution in [3.8, 4) is 0 Å². The van der Waals surface area contributed by atoms with Gasteiger partial charge in [0, 0.05) is 18.7 Å². The second-order valence-electron chi connectivity index (χ2n) is 7.42. The lowest BCUT2D eigenvalue weighted by atomic mass is 10.00. The Morgan fingerprint density at radius 3 is 2.27 bits per heavy atom. The van der Waals surface area contributed by atoms with Crippen LogP contribution in [0.1, 0.15) is 26.3 Å². The molecule has 148 valence electrons. The van der Waals surface area contributed by atoms with Crippen LogP contribution >= 0.6 is 0 Å². The molecule has 0 saturated heterocycles. The first-order valence-electron chi connectivity index (χ1n) is 8.99. The Morgan fingerprint density at radius 1 is 1.12 bits per heavy atom. The molecule has 0 radical (unpaired) electrons. The highest BCUT2D eigenvalue weighted by atomic mass is 32.2. The van der Waals surface area contributed by atoms with Gasteiger partial charge < -0.3 is 15.7 Å². The summed E-state index contributed by atoms with van der Waals surface area (Å²) >= 11 is 0. The van der Waals surface area contributed by atoms with E-state index in [1.807, 2.05) is 30.3 Å². The molecule has 3 atom stereocenters. The van der Waals surface area contributed by atoms with Gasteiger partial charge in [-0.25, -0.2) is 8.42 Å². The molecule has 0 fully saturated rings. The van der Waals surface area contributed by atoms with Crippen LogP contribution < -0.4 is 10.6 Å². The van der Waals surface area contributed by atoms with Gasteiger partial charge >= 0.3 is 0 Å². The highest BCUT2D eigenvalue weighted by Crippen LogP contribution is 2.09. The zero-order valence-electron chi connectivity index (χ0n) is 16.1. The van der Waals surface area contributed by atoms with Crippen molar-refractivity contribution in [1.82, 2.24) is 10.6 Å². The highest BCUT2D eigenvalue weighted by Gasteiger charge is 2.25. The third-order valence-electron chi connectivity index (χ3n) is 4.00. The van der Waals surface area contributed by atoms with Gasteiger partial charge in [0.15, 0.2) is 0 Å². The molecular formula is C19H32N2O4S. The molecule has 1 rings (SSSR count). The molecule has 6 nitrogen and oxygen atoms in total. The molecule has 0 saturated carbocycles. The number of carbonyl (C=O) groups excluding carboxylic acids is 1. The van der Waals surface area contributed by atoms with Crippen molar-refractivity contribution in [3.05, 3.63) is 35.9 Å². The lowest BCUT2D eigenvalue weighted by Gasteiger charge is -2.26. The maximum Gasteiger partial charge on any atom is 0.224 e. The first kappa shape index (κ1) is 22.6. The predicted molar refractivity (Wildman–Crippen MR) is 105 cm³/mol. The van der Waals surface area contributed by atoms with Crippen LogP contribution in [-0.2, 0) is 21.1 Å². The fourth-order valence-corrected chi connectivity index (χ4v) is 3.73. The fourth-order valence-electron chi connectivity index (χ4n) is 2.67. The molecule has 0 bridgehead atoms. The number of carbonyl (C=O) groups is 1. The van der Waals surface area contributed by atoms with Crippen molar-refractivity contribution in [2.75, 3.05) is 25.1 Å². The average Bonchev–Trinajstić information content (AvgIpc) is 2.53. The number of benzene rings is 1. The maximum atomic E-state index is 12.4. The summed E-state index contributed by atoms with van der Waals surface area (Å²) in [6.45, 7) is 6.87. The molecule has 1 aromatic carbocycles. The summed E-state index contributed by atoms with van der Waals surface area (Å²) in [4.78, 5) is 12.4. The Bertz CT molecular complexity index is 647. The highest BCUT2D eigenvalue weighted by molar-refractivity contribution is 7.90. The minimum Gasteiger partial charge on any atom is -0.390 e. The van der Waals surface area contributed by atoms with Gasteiger partial charge in [-0.3, -0.25) is 4.79 Å². The van der Waals surface area contributed by atoms with Crippen molar-refractivity contribution in [2.24, 2.45) is 11.8 Å². The summed E-state index contributed by atoms with van der Waals surface area (Å²) in [5.74, 6) is -0.781. The van der Waals surface area contributed by atoms with Gasteiger partial charge in [-0.1, -0.05) is 51.1 Å². The maximum absolute atomic E-state index is 12.4. The molecule has 0 aromatic heterocycles. The van der Waals surface area contributed by atoms with E-state index in [4.69, 9.17) is 0 Å². The fraction of sp³-hybridized carbons (Fsp3) is 0.632. The molecule has 0 aliphatic carbocycles. The topological polar surface area (TPSA) is 95.5 Å². The van der Waals surface area contributed by atoms with Gasteiger partial charge in [0.05, 0.1) is 17.9 Å². The Labute approximate surface area is 157 Å². The number of hydrogen-bond acceptors (Lipinski definition) is 5. The van der Waals surface area contributed by atoms with Gasteiger partial charge in [0.1, 0.15) is 9.84 Å². The van der Waals surface area contributed by atoms with Gasteiger partial charge in [-0.05, 0) is 24.4 Å². The van der Waals surface area contributed by atoms with Crippen molar-refractivity contribution in [2.45, 2.75) is 39.3 Å². The zero-order valence-corrected chi connectivity index (χ0v) is 16.9. The van der Waals surface area contributed by atoms with E-state index in [-0.39, 0.29) is 11.7 Å². The van der Waals surface area contributed by atoms with Crippen LogP contribution in [-0.4, -0.2) is 56.7 Å². The van der Waals surface area contributed by atoms with Crippen LogP contribution in [0.15, 0.2) is 30.3 Å². The van der Waals surface area contributed by atoms with Crippen LogP contribution in [0, 0.1) is 11.8 Å². The molecule has 0 aliphatic heterocycles. The lowest BCUT2D eigenvalue weighted by Crippen LogP contribution is -2.50. The van der Waals surface area contributed by atoms with Crippen LogP contribution in [0.3, 0.4) is 0 Å². The third-order valence-corrected chi connectivity index (χ3v) is 5.10. The van der Waals surface area contributed by atoms with Crippen molar-refractivity contribution in [1.29, 1.82) is 0 Å². The normalized spacial score (nSPS) is 15.5. The smallest absolute Gasteiger partial charge is 0.224 e. The molecule has 7 heteroatoms. The molecule has 26 heavy (non-hydrogen) atoms. The number of rotatable bonds is 11. The molecule has 0 heterocycles. The largest absolute Gasteiger partial charge is 0.390 e. The minimum atomic E-state index is -3.24. The average molecular weight is 385 g/mol. The molecule has 1 aromatic rings. The van der Waals surface area contributed by atoms with Gasteiger partial charge in [0.2, 0.25) is 5.91 Å². The Balaban J connectivity index is 2.77. The van der Waals surface area contributed by atoms with E-state index in [1.165, 1.54) is 0 Å². The van der Waals surface area contributed by atoms with Crippen LogP contribution in [0.4, 0.5) is 0 Å². The van der Waals surface area contributed by atoms with E-state index in [9.17, 15) is 18.3 Å². The summed E-state index contributed by atoms with van der Waals surface area (Å²) in [5, 5.41) is 16.6. The van der Waals surface area contributed by atoms with E-state index in [2.05, 4.69) is 24.5 Å². The molecular weight excluding hydrogens is 352 g/mol. The predicted octanol–water partition coefficient (Wildman–Crippen LogP) is 1.00. The lowest BCUT2D eigenvalue weighted by molar-refractivity contribution is -0.125. The number of sulfone groups is 1. The van der Waals surface area contributed by atoms with Crippen molar-refractivity contribution < 1.29 is 18.3 Å². The molecule has 1 amide bonds. The molecule has 3 unspecified atom stereocenters. The summed E-state index contributed by atoms with van der Waals surface area (Å²) in [7, 11) is -3.24. The van der Waals surface area contributed by atoms with Crippen LogP contribution in [0.5, 0.6) is 0 Å². The monoisotopic (exact) mass is 384 g/mol. The molecule has 0 aliphatic rings. The molecule has 0 spiro atoms. The van der Waals surface area contributed by atoms with E-state index >= 15 is 0 Å². The van der Waals surface area contributed by atoms with Gasteiger partial charge in [-0.2, -0.15) is 0 Å². The van der Waals surface area contributed by atoms with Crippen LogP contribution in [0.2, 0.25) is 0 Å². The number of nitrogens with one attached hydrogen (secondary N) is 2. The van der Waals surface area contributed by atoms with E-state index in [0.29, 0.717) is 18.9 Å². The zero-order chi connectivity index (χ0) is 19.7. The Hall–Kier alpha value is -1.44. The number of hydrogen-bond donors (Lipinski definition) is 3. The second kappa shape index (κ2) is 10.6. The first-order valence-corrected chi connectivity index (χ1v) is 11.1. The Morgan fingerprint density at radius 2 is 1.73 bits per heavy atom. The second-order valence-corrected chi connectivity index (χ2v) is 9.60. The van der Waals surface area contributed by atoms with Crippen molar-refractivity contribution >= 4 is 15.7 Å². The standard InChI is InChI=1S/C19H32N2O4S/c1-14(2)11-20-12-18(22)17(10-16-8-6-5-7-9-16)21-19(23)15(3)13-26(4,24)25/h5-9,14-15,17-18,20,22H,10-13H2,1-4H3,(H,21,23). The van der Waals surface area contributed by atoms with Crippen LogP contribution in [0.25, 0.3) is 0 Å². The first-order chi connectivity index (χ1) is 12.1.